The molecule has 3 aromatic heterocycles. The number of hydrogen-bond acceptors (Lipinski definition) is 5. The van der Waals surface area contributed by atoms with Crippen molar-refractivity contribution in [1.82, 2.24) is 23.7 Å². The molecule has 0 saturated heterocycles. The number of rotatable bonds is 4. The second-order valence-electron chi connectivity index (χ2n) is 7.36. The summed E-state index contributed by atoms with van der Waals surface area (Å²) >= 11 is 0. The summed E-state index contributed by atoms with van der Waals surface area (Å²) in [5.41, 5.74) is -0.339. The molecule has 0 aliphatic carbocycles. The Balaban J connectivity index is 1.92. The largest absolute Gasteiger partial charge is 0.425 e. The van der Waals surface area contributed by atoms with Gasteiger partial charge in [0.2, 0.25) is 0 Å². The van der Waals surface area contributed by atoms with Crippen molar-refractivity contribution in [3.63, 3.8) is 0 Å². The van der Waals surface area contributed by atoms with Crippen LogP contribution in [0.2, 0.25) is 0 Å². The summed E-state index contributed by atoms with van der Waals surface area (Å²) in [4.78, 5) is 33.6. The molecule has 8 nitrogen and oxygen atoms in total. The number of nitrogens with zero attached hydrogens (tertiary/aromatic N) is 5. The first-order chi connectivity index (χ1) is 15.1. The fourth-order valence-corrected chi connectivity index (χ4v) is 3.38. The average molecular weight is 445 g/mol. The molecular formula is C21H18F3N5O3. The quantitative estimate of drug-likeness (QED) is 0.482. The molecule has 166 valence electrons. The molecule has 0 amide bonds. The summed E-state index contributed by atoms with van der Waals surface area (Å²) < 4.78 is 48.6. The van der Waals surface area contributed by atoms with E-state index < -0.39 is 23.0 Å². The van der Waals surface area contributed by atoms with Crippen LogP contribution in [0.5, 0.6) is 11.8 Å². The van der Waals surface area contributed by atoms with Gasteiger partial charge in [0.05, 0.1) is 12.1 Å². The number of pyridine rings is 1. The first kappa shape index (κ1) is 21.3. The van der Waals surface area contributed by atoms with E-state index in [4.69, 9.17) is 4.74 Å². The number of imidazole rings is 1. The minimum Gasteiger partial charge on any atom is -0.425 e. The maximum absolute atomic E-state index is 13.1. The Labute approximate surface area is 179 Å². The van der Waals surface area contributed by atoms with Crippen molar-refractivity contribution >= 4 is 11.2 Å². The standard InChI is InChI=1S/C21H18F3N5O3/c1-12-7-13(10-25-9-12)11-29-16-17(27(2)20(31)28(3)18(16)30)26-19(29)32-15-6-4-5-14(8-15)21(22,23)24/h4-10H,11H2,1-3H3. The Morgan fingerprint density at radius 2 is 1.81 bits per heavy atom. The smallest absolute Gasteiger partial charge is 0.416 e. The number of hydrogen-bond donors (Lipinski definition) is 0. The predicted octanol–water partition coefficient (Wildman–Crippen LogP) is 3.00. The van der Waals surface area contributed by atoms with Crippen LogP contribution in [0.4, 0.5) is 13.2 Å². The fraction of sp³-hybridized carbons (Fsp3) is 0.238. The van der Waals surface area contributed by atoms with Crippen molar-refractivity contribution in [2.45, 2.75) is 19.6 Å². The molecule has 4 aromatic rings. The third-order valence-electron chi connectivity index (χ3n) is 4.96. The molecule has 3 heterocycles. The summed E-state index contributed by atoms with van der Waals surface area (Å²) in [5, 5.41) is 0. The third-order valence-corrected chi connectivity index (χ3v) is 4.96. The van der Waals surface area contributed by atoms with E-state index in [0.29, 0.717) is 5.56 Å². The highest BCUT2D eigenvalue weighted by molar-refractivity contribution is 5.72. The van der Waals surface area contributed by atoms with E-state index >= 15 is 0 Å². The Hall–Kier alpha value is -3.89. The summed E-state index contributed by atoms with van der Waals surface area (Å²) in [6, 6.07) is 6.05. The van der Waals surface area contributed by atoms with Crippen molar-refractivity contribution in [3.8, 4) is 11.8 Å². The minimum atomic E-state index is -4.55. The van der Waals surface area contributed by atoms with Crippen LogP contribution in [0.25, 0.3) is 11.2 Å². The Kier molecular flexibility index (Phi) is 5.11. The van der Waals surface area contributed by atoms with Gasteiger partial charge < -0.3 is 4.74 Å². The zero-order chi connectivity index (χ0) is 23.2. The topological polar surface area (TPSA) is 83.9 Å². The maximum Gasteiger partial charge on any atom is 0.416 e. The van der Waals surface area contributed by atoms with E-state index in [1.165, 1.54) is 35.4 Å². The average Bonchev–Trinajstić information content (AvgIpc) is 3.08. The SMILES string of the molecule is Cc1cncc(Cn2c(Oc3cccc(C(F)(F)F)c3)nc3c2c(=O)n(C)c(=O)n3C)c1. The van der Waals surface area contributed by atoms with Crippen LogP contribution in [0.1, 0.15) is 16.7 Å². The van der Waals surface area contributed by atoms with Gasteiger partial charge in [-0.1, -0.05) is 12.1 Å². The highest BCUT2D eigenvalue weighted by Crippen LogP contribution is 2.33. The van der Waals surface area contributed by atoms with E-state index in [0.717, 1.165) is 22.3 Å². The highest BCUT2D eigenvalue weighted by Gasteiger charge is 2.31. The number of ether oxygens (including phenoxy) is 1. The van der Waals surface area contributed by atoms with Crippen LogP contribution in [-0.4, -0.2) is 23.7 Å². The number of aryl methyl sites for hydroxylation is 2. The molecule has 1 aromatic carbocycles. The van der Waals surface area contributed by atoms with Crippen LogP contribution in [0.3, 0.4) is 0 Å². The van der Waals surface area contributed by atoms with E-state index in [2.05, 4.69) is 9.97 Å². The molecular weight excluding hydrogens is 427 g/mol. The number of benzene rings is 1. The van der Waals surface area contributed by atoms with E-state index in [1.54, 1.807) is 12.4 Å². The van der Waals surface area contributed by atoms with E-state index in [9.17, 15) is 22.8 Å². The Bertz CT molecular complexity index is 1450. The van der Waals surface area contributed by atoms with Gasteiger partial charge in [-0.25, -0.2) is 4.79 Å². The molecule has 0 N–H and O–H groups in total. The van der Waals surface area contributed by atoms with Gasteiger partial charge in [-0.15, -0.1) is 0 Å². The first-order valence-corrected chi connectivity index (χ1v) is 9.48. The third kappa shape index (κ3) is 3.77. The maximum atomic E-state index is 13.1. The van der Waals surface area contributed by atoms with E-state index in [-0.39, 0.29) is 29.5 Å². The van der Waals surface area contributed by atoms with Gasteiger partial charge in [0.25, 0.3) is 5.56 Å². The molecule has 0 bridgehead atoms. The molecule has 4 rings (SSSR count). The monoisotopic (exact) mass is 445 g/mol. The molecule has 0 saturated carbocycles. The van der Waals surface area contributed by atoms with Crippen LogP contribution in [0, 0.1) is 6.92 Å². The number of alkyl halides is 3. The molecule has 0 aliphatic heterocycles. The summed E-state index contributed by atoms with van der Waals surface area (Å²) in [6.07, 6.45) is -1.29. The van der Waals surface area contributed by atoms with Crippen LogP contribution in [0.15, 0.2) is 52.3 Å². The molecule has 32 heavy (non-hydrogen) atoms. The van der Waals surface area contributed by atoms with Crippen molar-refractivity contribution in [3.05, 3.63) is 80.3 Å². The van der Waals surface area contributed by atoms with Crippen molar-refractivity contribution in [2.75, 3.05) is 0 Å². The summed E-state index contributed by atoms with van der Waals surface area (Å²) in [7, 11) is 2.78. The lowest BCUT2D eigenvalue weighted by molar-refractivity contribution is -0.137. The lowest BCUT2D eigenvalue weighted by atomic mass is 10.2. The van der Waals surface area contributed by atoms with Gasteiger partial charge in [-0.2, -0.15) is 18.2 Å². The van der Waals surface area contributed by atoms with E-state index in [1.807, 2.05) is 13.0 Å². The molecule has 0 atom stereocenters. The lowest BCUT2D eigenvalue weighted by Gasteiger charge is -2.12. The van der Waals surface area contributed by atoms with Crippen molar-refractivity contribution in [1.29, 1.82) is 0 Å². The zero-order valence-electron chi connectivity index (χ0n) is 17.3. The van der Waals surface area contributed by atoms with Gasteiger partial charge in [0.15, 0.2) is 11.2 Å². The summed E-state index contributed by atoms with van der Waals surface area (Å²) in [5.74, 6) is -0.111. The van der Waals surface area contributed by atoms with Crippen molar-refractivity contribution < 1.29 is 17.9 Å². The van der Waals surface area contributed by atoms with Gasteiger partial charge in [-0.05, 0) is 36.2 Å². The minimum absolute atomic E-state index is 0.0562. The normalized spacial score (nSPS) is 11.8. The predicted molar refractivity (Wildman–Crippen MR) is 110 cm³/mol. The van der Waals surface area contributed by atoms with Crippen LogP contribution in [-0.2, 0) is 26.8 Å². The molecule has 0 unspecified atom stereocenters. The first-order valence-electron chi connectivity index (χ1n) is 9.48. The lowest BCUT2D eigenvalue weighted by Crippen LogP contribution is -2.37. The van der Waals surface area contributed by atoms with Gasteiger partial charge in [0, 0.05) is 26.5 Å². The molecule has 0 fully saturated rings. The molecule has 11 heteroatoms. The van der Waals surface area contributed by atoms with Crippen LogP contribution < -0.4 is 16.0 Å². The molecule has 0 spiro atoms. The fourth-order valence-electron chi connectivity index (χ4n) is 3.38. The molecule has 0 radical (unpaired) electrons. The Morgan fingerprint density at radius 3 is 2.50 bits per heavy atom. The van der Waals surface area contributed by atoms with Gasteiger partial charge in [-0.3, -0.25) is 23.5 Å². The van der Waals surface area contributed by atoms with Gasteiger partial charge >= 0.3 is 17.9 Å². The number of aromatic nitrogens is 5. The second-order valence-corrected chi connectivity index (χ2v) is 7.36. The number of halogens is 3. The zero-order valence-corrected chi connectivity index (χ0v) is 17.3. The molecule has 0 aliphatic rings. The second kappa shape index (κ2) is 7.66. The van der Waals surface area contributed by atoms with Crippen LogP contribution >= 0.6 is 0 Å². The van der Waals surface area contributed by atoms with Gasteiger partial charge in [0.1, 0.15) is 5.75 Å². The Morgan fingerprint density at radius 1 is 1.06 bits per heavy atom. The van der Waals surface area contributed by atoms with Crippen molar-refractivity contribution in [2.24, 2.45) is 14.1 Å². The summed E-state index contributed by atoms with van der Waals surface area (Å²) in [6.45, 7) is 1.96. The highest BCUT2D eigenvalue weighted by atomic mass is 19.4. The number of fused-ring (bicyclic) bond motifs is 1.